The fourth-order valence-corrected chi connectivity index (χ4v) is 1.31. The molecule has 2 rings (SSSR count). The van der Waals surface area contributed by atoms with Gasteiger partial charge in [0.25, 0.3) is 0 Å². The topological polar surface area (TPSA) is 86.2 Å². The maximum Gasteiger partial charge on any atom is 0.239 e. The predicted octanol–water partition coefficient (Wildman–Crippen LogP) is 1.66. The first-order chi connectivity index (χ1) is 8.29. The zero-order valence-corrected chi connectivity index (χ0v) is 9.51. The highest BCUT2D eigenvalue weighted by Crippen LogP contribution is 2.20. The van der Waals surface area contributed by atoms with Gasteiger partial charge in [-0.05, 0) is 19.1 Å². The summed E-state index contributed by atoms with van der Waals surface area (Å²) >= 11 is 0. The number of hydrogen-bond acceptors (Lipinski definition) is 6. The van der Waals surface area contributed by atoms with Crippen LogP contribution in [0.3, 0.4) is 0 Å². The first-order valence-electron chi connectivity index (χ1n) is 5.32. The minimum absolute atomic E-state index is 0.440. The van der Waals surface area contributed by atoms with Crippen molar-refractivity contribution in [2.45, 2.75) is 13.5 Å². The van der Waals surface area contributed by atoms with E-state index in [1.807, 2.05) is 6.92 Å². The molecule has 0 saturated heterocycles. The number of nitrogen functional groups attached to an aromatic ring is 1. The number of ether oxygens (including phenoxy) is 1. The largest absolute Gasteiger partial charge is 0.476 e. The maximum absolute atomic E-state index is 5.72. The van der Waals surface area contributed by atoms with E-state index in [1.165, 1.54) is 0 Å². The lowest BCUT2D eigenvalue weighted by Crippen LogP contribution is -2.04. The number of pyridine rings is 1. The molecule has 0 aliphatic heterocycles. The van der Waals surface area contributed by atoms with Crippen molar-refractivity contribution in [1.29, 1.82) is 0 Å². The Bertz CT molecular complexity index is 470. The Morgan fingerprint density at radius 2 is 2.29 bits per heavy atom. The number of rotatable bonds is 5. The number of nitrogens with one attached hydrogen (secondary N) is 1. The smallest absolute Gasteiger partial charge is 0.239 e. The average Bonchev–Trinajstić information content (AvgIpc) is 2.83. The molecule has 0 aliphatic rings. The summed E-state index contributed by atoms with van der Waals surface area (Å²) in [6.45, 7) is 2.93. The molecular weight excluding hydrogens is 220 g/mol. The monoisotopic (exact) mass is 234 g/mol. The van der Waals surface area contributed by atoms with Crippen molar-refractivity contribution in [3.05, 3.63) is 30.2 Å². The average molecular weight is 234 g/mol. The van der Waals surface area contributed by atoms with Gasteiger partial charge in [-0.15, -0.1) is 0 Å². The molecule has 0 saturated carbocycles. The fraction of sp³-hybridized carbons (Fsp3) is 0.273. The Kier molecular flexibility index (Phi) is 3.44. The lowest BCUT2D eigenvalue weighted by atomic mass is 10.4. The Balaban J connectivity index is 2.03. The number of nitrogens with zero attached hydrogens (tertiary/aromatic N) is 2. The van der Waals surface area contributed by atoms with Crippen molar-refractivity contribution in [3.8, 4) is 5.88 Å². The van der Waals surface area contributed by atoms with Gasteiger partial charge in [0.2, 0.25) is 5.88 Å². The Hall–Kier alpha value is -2.24. The van der Waals surface area contributed by atoms with E-state index in [4.69, 9.17) is 15.0 Å². The molecule has 0 unspecified atom stereocenters. The van der Waals surface area contributed by atoms with Crippen LogP contribution in [0.1, 0.15) is 12.7 Å². The third-order valence-corrected chi connectivity index (χ3v) is 2.11. The van der Waals surface area contributed by atoms with Crippen molar-refractivity contribution in [3.63, 3.8) is 0 Å². The van der Waals surface area contributed by atoms with Gasteiger partial charge in [0.15, 0.2) is 5.76 Å². The summed E-state index contributed by atoms with van der Waals surface area (Å²) in [5, 5.41) is 6.71. The van der Waals surface area contributed by atoms with Crippen molar-refractivity contribution < 1.29 is 9.26 Å². The van der Waals surface area contributed by atoms with E-state index < -0.39 is 0 Å². The summed E-state index contributed by atoms with van der Waals surface area (Å²) in [5.41, 5.74) is 6.25. The van der Waals surface area contributed by atoms with E-state index in [-0.39, 0.29) is 0 Å². The van der Waals surface area contributed by atoms with Gasteiger partial charge in [-0.2, -0.15) is 4.98 Å². The minimum Gasteiger partial charge on any atom is -0.476 e. The van der Waals surface area contributed by atoms with Crippen LogP contribution in [0, 0.1) is 0 Å². The van der Waals surface area contributed by atoms with E-state index in [0.717, 1.165) is 5.76 Å². The molecule has 90 valence electrons. The van der Waals surface area contributed by atoms with Gasteiger partial charge < -0.3 is 20.3 Å². The van der Waals surface area contributed by atoms with Gasteiger partial charge in [0, 0.05) is 6.07 Å². The van der Waals surface area contributed by atoms with Crippen LogP contribution in [0.5, 0.6) is 5.88 Å². The van der Waals surface area contributed by atoms with E-state index in [2.05, 4.69) is 15.5 Å². The number of hydrogen-bond donors (Lipinski definition) is 2. The molecule has 0 fully saturated rings. The highest BCUT2D eigenvalue weighted by atomic mass is 16.5. The molecule has 6 nitrogen and oxygen atoms in total. The maximum atomic E-state index is 5.72. The molecule has 0 aromatic carbocycles. The van der Waals surface area contributed by atoms with E-state index in [0.29, 0.717) is 30.5 Å². The Labute approximate surface area is 98.8 Å². The molecule has 0 atom stereocenters. The van der Waals surface area contributed by atoms with Gasteiger partial charge in [-0.3, -0.25) is 0 Å². The normalized spacial score (nSPS) is 10.2. The number of nitrogens with two attached hydrogens (primary N) is 1. The zero-order valence-electron chi connectivity index (χ0n) is 9.51. The summed E-state index contributed by atoms with van der Waals surface area (Å²) in [7, 11) is 0. The number of anilines is 2. The zero-order chi connectivity index (χ0) is 12.1. The van der Waals surface area contributed by atoms with Crippen molar-refractivity contribution >= 4 is 11.5 Å². The van der Waals surface area contributed by atoms with E-state index in [9.17, 15) is 0 Å². The summed E-state index contributed by atoms with van der Waals surface area (Å²) in [6, 6.07) is 5.32. The van der Waals surface area contributed by atoms with Crippen LogP contribution in [0.2, 0.25) is 0 Å². The van der Waals surface area contributed by atoms with E-state index in [1.54, 1.807) is 24.4 Å². The minimum atomic E-state index is 0.440. The standard InChI is InChI=1S/C11H14N4O2/c1-2-16-11-9(12)3-4-10(15-11)13-7-8-5-6-14-17-8/h3-6H,2,7,12H2,1H3,(H,13,15). The SMILES string of the molecule is CCOc1nc(NCc2ccno2)ccc1N. The Morgan fingerprint density at radius 3 is 3.00 bits per heavy atom. The lowest BCUT2D eigenvalue weighted by molar-refractivity contribution is 0.329. The van der Waals surface area contributed by atoms with Crippen molar-refractivity contribution in [1.82, 2.24) is 10.1 Å². The molecular formula is C11H14N4O2. The second-order valence-electron chi connectivity index (χ2n) is 3.36. The predicted molar refractivity (Wildman–Crippen MR) is 63.6 cm³/mol. The summed E-state index contributed by atoms with van der Waals surface area (Å²) in [4.78, 5) is 4.24. The van der Waals surface area contributed by atoms with Gasteiger partial charge in [-0.25, -0.2) is 0 Å². The molecule has 17 heavy (non-hydrogen) atoms. The van der Waals surface area contributed by atoms with Crippen LogP contribution >= 0.6 is 0 Å². The lowest BCUT2D eigenvalue weighted by Gasteiger charge is -2.08. The molecule has 3 N–H and O–H groups in total. The first kappa shape index (κ1) is 11.3. The van der Waals surface area contributed by atoms with Crippen LogP contribution in [-0.4, -0.2) is 16.7 Å². The van der Waals surface area contributed by atoms with Crippen LogP contribution < -0.4 is 15.8 Å². The Morgan fingerprint density at radius 1 is 1.41 bits per heavy atom. The van der Waals surface area contributed by atoms with Gasteiger partial charge in [0.1, 0.15) is 5.82 Å². The molecule has 0 radical (unpaired) electrons. The summed E-state index contributed by atoms with van der Waals surface area (Å²) in [6.07, 6.45) is 1.60. The van der Waals surface area contributed by atoms with Crippen LogP contribution in [0.15, 0.2) is 28.9 Å². The van der Waals surface area contributed by atoms with Crippen LogP contribution in [0.25, 0.3) is 0 Å². The number of aromatic nitrogens is 2. The molecule has 0 aliphatic carbocycles. The molecule has 0 amide bonds. The fourth-order valence-electron chi connectivity index (χ4n) is 1.31. The second kappa shape index (κ2) is 5.20. The third kappa shape index (κ3) is 2.87. The molecule has 2 heterocycles. The summed E-state index contributed by atoms with van der Waals surface area (Å²) < 4.78 is 10.3. The molecule has 6 heteroatoms. The van der Waals surface area contributed by atoms with Gasteiger partial charge in [-0.1, -0.05) is 5.16 Å². The molecule has 0 spiro atoms. The quantitative estimate of drug-likeness (QED) is 0.818. The molecule has 2 aromatic heterocycles. The highest BCUT2D eigenvalue weighted by Gasteiger charge is 2.04. The van der Waals surface area contributed by atoms with Crippen LogP contribution in [0.4, 0.5) is 11.5 Å². The highest BCUT2D eigenvalue weighted by molar-refractivity contribution is 5.53. The van der Waals surface area contributed by atoms with Gasteiger partial charge in [0.05, 0.1) is 25.0 Å². The molecule has 0 bridgehead atoms. The van der Waals surface area contributed by atoms with Gasteiger partial charge >= 0.3 is 0 Å². The van der Waals surface area contributed by atoms with E-state index >= 15 is 0 Å². The third-order valence-electron chi connectivity index (χ3n) is 2.11. The second-order valence-corrected chi connectivity index (χ2v) is 3.36. The van der Waals surface area contributed by atoms with Crippen LogP contribution in [-0.2, 0) is 6.54 Å². The summed E-state index contributed by atoms with van der Waals surface area (Å²) in [5.74, 6) is 1.86. The van der Waals surface area contributed by atoms with Crippen molar-refractivity contribution in [2.75, 3.05) is 17.7 Å². The first-order valence-corrected chi connectivity index (χ1v) is 5.32. The molecule has 2 aromatic rings. The van der Waals surface area contributed by atoms with Crippen molar-refractivity contribution in [2.24, 2.45) is 0 Å².